The van der Waals surface area contributed by atoms with E-state index >= 15 is 0 Å². The van der Waals surface area contributed by atoms with Crippen LogP contribution in [0.1, 0.15) is 0 Å². The predicted molar refractivity (Wildman–Crippen MR) is 71.7 cm³/mol. The van der Waals surface area contributed by atoms with Crippen molar-refractivity contribution in [2.75, 3.05) is 39.2 Å². The van der Waals surface area contributed by atoms with Crippen molar-refractivity contribution in [2.24, 2.45) is 0 Å². The van der Waals surface area contributed by atoms with E-state index in [9.17, 15) is 8.78 Å². The average molecular weight is 294 g/mol. The van der Waals surface area contributed by atoms with Crippen LogP contribution in [-0.4, -0.2) is 50.6 Å². The van der Waals surface area contributed by atoms with Crippen LogP contribution in [0.25, 0.3) is 0 Å². The van der Waals surface area contributed by atoms with Crippen LogP contribution in [-0.2, 0) is 0 Å². The Labute approximate surface area is 117 Å². The zero-order valence-corrected chi connectivity index (χ0v) is 11.6. The van der Waals surface area contributed by atoms with E-state index < -0.39 is 6.43 Å². The number of hydrogen-bond donors (Lipinski definition) is 0. The molecule has 1 rings (SSSR count). The molecule has 0 heterocycles. The Balaban J connectivity index is 2.33. The molecule has 0 aliphatic heterocycles. The molecule has 1 aromatic rings. The van der Waals surface area contributed by atoms with Crippen LogP contribution < -0.4 is 9.47 Å². The number of ether oxygens (including phenoxy) is 2. The normalized spacial score (nSPS) is 11.1. The highest BCUT2D eigenvalue weighted by Gasteiger charge is 2.11. The van der Waals surface area contributed by atoms with Gasteiger partial charge in [-0.15, -0.1) is 11.6 Å². The third kappa shape index (κ3) is 6.59. The summed E-state index contributed by atoms with van der Waals surface area (Å²) in [5.41, 5.74) is 0. The molecule has 0 radical (unpaired) electrons. The van der Waals surface area contributed by atoms with Gasteiger partial charge >= 0.3 is 0 Å². The summed E-state index contributed by atoms with van der Waals surface area (Å²) in [6, 6.07) is 7.12. The highest BCUT2D eigenvalue weighted by molar-refractivity contribution is 6.18. The smallest absolute Gasteiger partial charge is 0.251 e. The molecule has 0 N–H and O–H groups in total. The molecule has 0 amide bonds. The first-order chi connectivity index (χ1) is 9.15. The Kier molecular flexibility index (Phi) is 7.52. The van der Waals surface area contributed by atoms with Gasteiger partial charge in [0.15, 0.2) is 0 Å². The van der Waals surface area contributed by atoms with E-state index in [2.05, 4.69) is 0 Å². The van der Waals surface area contributed by atoms with Gasteiger partial charge in [0.2, 0.25) is 0 Å². The fraction of sp³-hybridized carbons (Fsp3) is 0.538. The lowest BCUT2D eigenvalue weighted by Crippen LogP contribution is -2.34. The van der Waals surface area contributed by atoms with Crippen LogP contribution in [0.4, 0.5) is 8.78 Å². The number of alkyl halides is 3. The summed E-state index contributed by atoms with van der Waals surface area (Å²) in [4.78, 5) is 1.58. The zero-order valence-electron chi connectivity index (χ0n) is 10.8. The van der Waals surface area contributed by atoms with Gasteiger partial charge in [-0.05, 0) is 24.3 Å². The van der Waals surface area contributed by atoms with Gasteiger partial charge in [0.25, 0.3) is 6.43 Å². The van der Waals surface area contributed by atoms with Crippen molar-refractivity contribution in [3.05, 3.63) is 24.3 Å². The topological polar surface area (TPSA) is 21.7 Å². The van der Waals surface area contributed by atoms with Gasteiger partial charge < -0.3 is 9.47 Å². The second kappa shape index (κ2) is 8.93. The number of rotatable bonds is 9. The largest absolute Gasteiger partial charge is 0.497 e. The van der Waals surface area contributed by atoms with Crippen LogP contribution >= 0.6 is 11.6 Å². The number of halogens is 3. The molecular weight excluding hydrogens is 276 g/mol. The molecule has 0 aliphatic carbocycles. The number of hydrogen-bond acceptors (Lipinski definition) is 3. The highest BCUT2D eigenvalue weighted by Crippen LogP contribution is 2.16. The average Bonchev–Trinajstić information content (AvgIpc) is 2.39. The molecule has 108 valence electrons. The Morgan fingerprint density at radius 2 is 1.79 bits per heavy atom. The lowest BCUT2D eigenvalue weighted by molar-refractivity contribution is 0.0837. The maximum atomic E-state index is 12.3. The predicted octanol–water partition coefficient (Wildman–Crippen LogP) is 2.88. The van der Waals surface area contributed by atoms with E-state index in [-0.39, 0.29) is 6.54 Å². The van der Waals surface area contributed by atoms with Crippen LogP contribution in [0.2, 0.25) is 0 Å². The summed E-state index contributed by atoms with van der Waals surface area (Å²) in [6.45, 7) is 0.912. The Morgan fingerprint density at radius 3 is 2.32 bits per heavy atom. The first-order valence-corrected chi connectivity index (χ1v) is 6.52. The molecule has 3 nitrogen and oxygen atoms in total. The molecule has 6 heteroatoms. The summed E-state index contributed by atoms with van der Waals surface area (Å²) < 4.78 is 35.1. The highest BCUT2D eigenvalue weighted by atomic mass is 35.5. The molecule has 1 aromatic carbocycles. The zero-order chi connectivity index (χ0) is 14.1. The lowest BCUT2D eigenvalue weighted by Gasteiger charge is -2.20. The van der Waals surface area contributed by atoms with Gasteiger partial charge in [0.05, 0.1) is 13.7 Å². The molecular formula is C13H18ClF2NO2. The molecule has 0 spiro atoms. The third-order valence-corrected chi connectivity index (χ3v) is 2.70. The molecule has 0 saturated carbocycles. The Bertz CT molecular complexity index is 349. The minimum atomic E-state index is -2.36. The molecule has 0 bridgehead atoms. The molecule has 19 heavy (non-hydrogen) atoms. The summed E-state index contributed by atoms with van der Waals surface area (Å²) in [5.74, 6) is 1.76. The van der Waals surface area contributed by atoms with Crippen molar-refractivity contribution in [2.45, 2.75) is 6.43 Å². The number of benzene rings is 1. The third-order valence-electron chi connectivity index (χ3n) is 2.53. The summed E-state index contributed by atoms with van der Waals surface area (Å²) in [7, 11) is 1.59. The second-order valence-electron chi connectivity index (χ2n) is 3.90. The van der Waals surface area contributed by atoms with Gasteiger partial charge in [0, 0.05) is 19.0 Å². The summed E-state index contributed by atoms with van der Waals surface area (Å²) in [5, 5.41) is 0. The van der Waals surface area contributed by atoms with Crippen LogP contribution in [0.3, 0.4) is 0 Å². The van der Waals surface area contributed by atoms with E-state index in [0.717, 1.165) is 5.75 Å². The van der Waals surface area contributed by atoms with E-state index in [1.54, 1.807) is 36.3 Å². The van der Waals surface area contributed by atoms with Crippen molar-refractivity contribution in [1.82, 2.24) is 4.90 Å². The summed E-state index contributed by atoms with van der Waals surface area (Å²) >= 11 is 5.57. The fourth-order valence-electron chi connectivity index (χ4n) is 1.57. The molecule has 0 unspecified atom stereocenters. The quantitative estimate of drug-likeness (QED) is 0.654. The molecule has 0 aliphatic rings. The molecule has 0 aromatic heterocycles. The standard InChI is InChI=1S/C13H18ClF2NO2/c1-18-11-2-4-12(5-3-11)19-9-8-17(7-6-14)10-13(15)16/h2-5,13H,6-10H2,1H3. The first kappa shape index (κ1) is 16.0. The van der Waals surface area contributed by atoms with E-state index in [1.807, 2.05) is 0 Å². The second-order valence-corrected chi connectivity index (χ2v) is 4.28. The minimum absolute atomic E-state index is 0.279. The van der Waals surface area contributed by atoms with Crippen molar-refractivity contribution < 1.29 is 18.3 Å². The van der Waals surface area contributed by atoms with E-state index in [1.165, 1.54) is 0 Å². The van der Waals surface area contributed by atoms with Gasteiger partial charge in [-0.25, -0.2) is 8.78 Å². The van der Waals surface area contributed by atoms with Gasteiger partial charge in [-0.2, -0.15) is 0 Å². The van der Waals surface area contributed by atoms with Crippen molar-refractivity contribution in [3.8, 4) is 11.5 Å². The molecule has 0 saturated heterocycles. The Hall–Kier alpha value is -1.07. The van der Waals surface area contributed by atoms with Crippen molar-refractivity contribution in [3.63, 3.8) is 0 Å². The van der Waals surface area contributed by atoms with Crippen LogP contribution in [0.15, 0.2) is 24.3 Å². The van der Waals surface area contributed by atoms with Crippen molar-refractivity contribution >= 4 is 11.6 Å². The van der Waals surface area contributed by atoms with Crippen molar-refractivity contribution in [1.29, 1.82) is 0 Å². The Morgan fingerprint density at radius 1 is 1.16 bits per heavy atom. The number of nitrogens with zero attached hydrogens (tertiary/aromatic N) is 1. The monoisotopic (exact) mass is 293 g/mol. The SMILES string of the molecule is COc1ccc(OCCN(CCCl)CC(F)F)cc1. The molecule has 0 atom stereocenters. The maximum absolute atomic E-state index is 12.3. The maximum Gasteiger partial charge on any atom is 0.251 e. The molecule has 0 fully saturated rings. The lowest BCUT2D eigenvalue weighted by atomic mass is 10.3. The van der Waals surface area contributed by atoms with Gasteiger partial charge in [-0.3, -0.25) is 4.90 Å². The van der Waals surface area contributed by atoms with E-state index in [4.69, 9.17) is 21.1 Å². The van der Waals surface area contributed by atoms with Gasteiger partial charge in [-0.1, -0.05) is 0 Å². The first-order valence-electron chi connectivity index (χ1n) is 5.99. The van der Waals surface area contributed by atoms with Crippen LogP contribution in [0, 0.1) is 0 Å². The number of methoxy groups -OCH3 is 1. The van der Waals surface area contributed by atoms with Crippen LogP contribution in [0.5, 0.6) is 11.5 Å². The summed E-state index contributed by atoms with van der Waals surface area (Å²) in [6.07, 6.45) is -2.36. The fourth-order valence-corrected chi connectivity index (χ4v) is 1.81. The van der Waals surface area contributed by atoms with Gasteiger partial charge in [0.1, 0.15) is 18.1 Å². The van der Waals surface area contributed by atoms with E-state index in [0.29, 0.717) is 31.3 Å². The minimum Gasteiger partial charge on any atom is -0.497 e.